The molecular formula is C18H29NO3. The van der Waals surface area contributed by atoms with Gasteiger partial charge in [-0.15, -0.1) is 0 Å². The molecule has 1 aromatic rings. The summed E-state index contributed by atoms with van der Waals surface area (Å²) in [7, 11) is 0. The second-order valence-electron chi connectivity index (χ2n) is 5.72. The van der Waals surface area contributed by atoms with E-state index in [2.05, 4.69) is 12.2 Å². The minimum atomic E-state index is -0.501. The van der Waals surface area contributed by atoms with Crippen molar-refractivity contribution in [2.75, 3.05) is 19.7 Å². The Labute approximate surface area is 133 Å². The number of ether oxygens (including phenoxy) is 1. The molecule has 0 heterocycles. The van der Waals surface area contributed by atoms with E-state index in [1.54, 1.807) is 6.92 Å². The SMILES string of the molecule is CCCCCNCC(O)COc1ccc(CCC(C)=O)cc1. The Morgan fingerprint density at radius 1 is 1.27 bits per heavy atom. The molecule has 0 radical (unpaired) electrons. The van der Waals surface area contributed by atoms with E-state index < -0.39 is 6.10 Å². The number of aliphatic hydroxyl groups is 1. The highest BCUT2D eigenvalue weighted by Crippen LogP contribution is 2.13. The molecule has 0 amide bonds. The number of hydrogen-bond donors (Lipinski definition) is 2. The van der Waals surface area contributed by atoms with Crippen molar-refractivity contribution >= 4 is 5.78 Å². The lowest BCUT2D eigenvalue weighted by Gasteiger charge is -2.13. The first kappa shape index (κ1) is 18.7. The van der Waals surface area contributed by atoms with Crippen molar-refractivity contribution in [3.8, 4) is 5.75 Å². The number of carbonyl (C=O) groups excluding carboxylic acids is 1. The van der Waals surface area contributed by atoms with Gasteiger partial charge in [0, 0.05) is 13.0 Å². The van der Waals surface area contributed by atoms with Crippen molar-refractivity contribution in [1.82, 2.24) is 5.32 Å². The van der Waals surface area contributed by atoms with Crippen LogP contribution in [0.1, 0.15) is 45.1 Å². The number of rotatable bonds is 12. The quantitative estimate of drug-likeness (QED) is 0.583. The molecule has 1 rings (SSSR count). The molecule has 1 unspecified atom stereocenters. The Morgan fingerprint density at radius 2 is 2.00 bits per heavy atom. The third-order valence-corrected chi connectivity index (χ3v) is 3.47. The number of ketones is 1. The average molecular weight is 307 g/mol. The number of aliphatic hydroxyl groups excluding tert-OH is 1. The fourth-order valence-corrected chi connectivity index (χ4v) is 2.09. The van der Waals surface area contributed by atoms with Crippen LogP contribution in [0.15, 0.2) is 24.3 Å². The molecule has 0 bridgehead atoms. The Morgan fingerprint density at radius 3 is 2.64 bits per heavy atom. The predicted molar refractivity (Wildman–Crippen MR) is 89.3 cm³/mol. The highest BCUT2D eigenvalue weighted by atomic mass is 16.5. The van der Waals surface area contributed by atoms with Crippen LogP contribution < -0.4 is 10.1 Å². The first-order chi connectivity index (χ1) is 10.6. The summed E-state index contributed by atoms with van der Waals surface area (Å²) in [6.45, 7) is 5.56. The van der Waals surface area contributed by atoms with Crippen molar-refractivity contribution in [3.63, 3.8) is 0 Å². The molecule has 0 aliphatic carbocycles. The smallest absolute Gasteiger partial charge is 0.130 e. The number of benzene rings is 1. The number of unbranched alkanes of at least 4 members (excludes halogenated alkanes) is 2. The molecule has 22 heavy (non-hydrogen) atoms. The number of hydrogen-bond acceptors (Lipinski definition) is 4. The number of carbonyl (C=O) groups is 1. The van der Waals surface area contributed by atoms with Crippen LogP contribution in [-0.2, 0) is 11.2 Å². The monoisotopic (exact) mass is 307 g/mol. The maximum absolute atomic E-state index is 10.9. The topological polar surface area (TPSA) is 58.6 Å². The van der Waals surface area contributed by atoms with Crippen molar-refractivity contribution in [2.24, 2.45) is 0 Å². The number of aryl methyl sites for hydroxylation is 1. The van der Waals surface area contributed by atoms with Gasteiger partial charge in [-0.1, -0.05) is 31.9 Å². The van der Waals surface area contributed by atoms with Crippen molar-refractivity contribution in [3.05, 3.63) is 29.8 Å². The minimum absolute atomic E-state index is 0.204. The highest BCUT2D eigenvalue weighted by molar-refractivity contribution is 5.75. The van der Waals surface area contributed by atoms with Gasteiger partial charge in [-0.3, -0.25) is 0 Å². The molecule has 0 saturated heterocycles. The lowest BCUT2D eigenvalue weighted by Crippen LogP contribution is -2.32. The molecule has 0 saturated carbocycles. The standard InChI is InChI=1S/C18H29NO3/c1-3-4-5-12-19-13-17(21)14-22-18-10-8-16(9-11-18)7-6-15(2)20/h8-11,17,19,21H,3-7,12-14H2,1-2H3. The fraction of sp³-hybridized carbons (Fsp3) is 0.611. The zero-order valence-electron chi connectivity index (χ0n) is 13.8. The van der Waals surface area contributed by atoms with Crippen molar-refractivity contribution in [1.29, 1.82) is 0 Å². The van der Waals surface area contributed by atoms with E-state index in [1.807, 2.05) is 24.3 Å². The van der Waals surface area contributed by atoms with Gasteiger partial charge >= 0.3 is 0 Å². The van der Waals surface area contributed by atoms with Gasteiger partial charge in [0.2, 0.25) is 0 Å². The molecule has 0 spiro atoms. The lowest BCUT2D eigenvalue weighted by atomic mass is 10.1. The maximum atomic E-state index is 10.9. The third-order valence-electron chi connectivity index (χ3n) is 3.47. The zero-order chi connectivity index (χ0) is 16.2. The molecule has 0 aromatic heterocycles. The molecule has 4 heteroatoms. The molecule has 0 aliphatic rings. The fourth-order valence-electron chi connectivity index (χ4n) is 2.09. The summed E-state index contributed by atoms with van der Waals surface area (Å²) < 4.78 is 5.57. The van der Waals surface area contributed by atoms with Crippen LogP contribution in [0.4, 0.5) is 0 Å². The average Bonchev–Trinajstić information content (AvgIpc) is 2.51. The van der Waals surface area contributed by atoms with E-state index in [-0.39, 0.29) is 12.4 Å². The van der Waals surface area contributed by atoms with Crippen LogP contribution in [-0.4, -0.2) is 36.7 Å². The van der Waals surface area contributed by atoms with Gasteiger partial charge in [0.15, 0.2) is 0 Å². The Bertz CT molecular complexity index is 417. The normalized spacial score (nSPS) is 12.1. The van der Waals surface area contributed by atoms with Gasteiger partial charge in [0.1, 0.15) is 24.2 Å². The van der Waals surface area contributed by atoms with Gasteiger partial charge in [0.05, 0.1) is 0 Å². The Kier molecular flexibility index (Phi) is 9.51. The lowest BCUT2D eigenvalue weighted by molar-refractivity contribution is -0.116. The van der Waals surface area contributed by atoms with Gasteiger partial charge in [-0.25, -0.2) is 0 Å². The van der Waals surface area contributed by atoms with E-state index in [0.717, 1.165) is 30.7 Å². The molecule has 0 fully saturated rings. The van der Waals surface area contributed by atoms with Gasteiger partial charge in [-0.2, -0.15) is 0 Å². The van der Waals surface area contributed by atoms with Crippen LogP contribution >= 0.6 is 0 Å². The number of nitrogens with one attached hydrogen (secondary N) is 1. The molecule has 0 aliphatic heterocycles. The van der Waals surface area contributed by atoms with Crippen LogP contribution in [0.3, 0.4) is 0 Å². The largest absolute Gasteiger partial charge is 0.491 e. The van der Waals surface area contributed by atoms with Gasteiger partial charge < -0.3 is 20.0 Å². The second kappa shape index (κ2) is 11.2. The summed E-state index contributed by atoms with van der Waals surface area (Å²) >= 11 is 0. The molecule has 1 aromatic carbocycles. The first-order valence-corrected chi connectivity index (χ1v) is 8.21. The van der Waals surface area contributed by atoms with Crippen LogP contribution in [0.25, 0.3) is 0 Å². The van der Waals surface area contributed by atoms with E-state index in [9.17, 15) is 9.90 Å². The highest BCUT2D eigenvalue weighted by Gasteiger charge is 2.05. The van der Waals surface area contributed by atoms with E-state index in [4.69, 9.17) is 4.74 Å². The third kappa shape index (κ3) is 8.80. The van der Waals surface area contributed by atoms with Crippen molar-refractivity contribution < 1.29 is 14.6 Å². The predicted octanol–water partition coefficient (Wildman–Crippen LogP) is 2.73. The summed E-state index contributed by atoms with van der Waals surface area (Å²) in [6, 6.07) is 7.70. The van der Waals surface area contributed by atoms with E-state index in [0.29, 0.717) is 13.0 Å². The summed E-state index contributed by atoms with van der Waals surface area (Å²) in [5.41, 5.74) is 1.13. The van der Waals surface area contributed by atoms with Crippen LogP contribution in [0.5, 0.6) is 5.75 Å². The maximum Gasteiger partial charge on any atom is 0.130 e. The molecule has 124 valence electrons. The van der Waals surface area contributed by atoms with E-state index >= 15 is 0 Å². The van der Waals surface area contributed by atoms with Crippen LogP contribution in [0.2, 0.25) is 0 Å². The summed E-state index contributed by atoms with van der Waals surface area (Å²) in [4.78, 5) is 10.9. The zero-order valence-corrected chi connectivity index (χ0v) is 13.8. The second-order valence-corrected chi connectivity index (χ2v) is 5.72. The molecule has 1 atom stereocenters. The summed E-state index contributed by atoms with van der Waals surface area (Å²) in [5.74, 6) is 0.950. The Hall–Kier alpha value is -1.39. The number of Topliss-reactive ketones (excluding diaryl/α,β-unsaturated/α-hetero) is 1. The summed E-state index contributed by atoms with van der Waals surface area (Å²) in [6.07, 6.45) is 4.40. The Balaban J connectivity index is 2.19. The van der Waals surface area contributed by atoms with E-state index in [1.165, 1.54) is 12.8 Å². The molecular weight excluding hydrogens is 278 g/mol. The van der Waals surface area contributed by atoms with Gasteiger partial charge in [-0.05, 0) is 44.0 Å². The van der Waals surface area contributed by atoms with Crippen molar-refractivity contribution in [2.45, 2.75) is 52.1 Å². The first-order valence-electron chi connectivity index (χ1n) is 8.21. The van der Waals surface area contributed by atoms with Crippen LogP contribution in [0, 0.1) is 0 Å². The molecule has 2 N–H and O–H groups in total. The minimum Gasteiger partial charge on any atom is -0.491 e. The summed E-state index contributed by atoms with van der Waals surface area (Å²) in [5, 5.41) is 13.1. The molecule has 4 nitrogen and oxygen atoms in total. The van der Waals surface area contributed by atoms with Gasteiger partial charge in [0.25, 0.3) is 0 Å².